The molecule has 0 fully saturated rings. The van der Waals surface area contributed by atoms with Crippen molar-refractivity contribution in [2.24, 2.45) is 22.2 Å². The van der Waals surface area contributed by atoms with Gasteiger partial charge in [-0.1, -0.05) is 47.0 Å². The first-order chi connectivity index (χ1) is 7.02. The zero-order chi connectivity index (χ0) is 11.5. The summed E-state index contributed by atoms with van der Waals surface area (Å²) in [6.07, 6.45) is 7.61. The van der Waals surface area contributed by atoms with Crippen molar-refractivity contribution in [2.75, 3.05) is 0 Å². The molecule has 0 N–H and O–H groups in total. The Kier molecular flexibility index (Phi) is 4.36. The minimum Gasteiger partial charge on any atom is -0.294 e. The van der Waals surface area contributed by atoms with Crippen molar-refractivity contribution < 1.29 is 0 Å². The van der Waals surface area contributed by atoms with Gasteiger partial charge in [-0.3, -0.25) is 4.99 Å². The molecule has 1 aliphatic rings. The van der Waals surface area contributed by atoms with Gasteiger partial charge < -0.3 is 0 Å². The Bertz CT molecular complexity index is 219. The Balaban J connectivity index is 2.62. The second kappa shape index (κ2) is 5.14. The Morgan fingerprint density at radius 1 is 1.33 bits per heavy atom. The summed E-state index contributed by atoms with van der Waals surface area (Å²) in [5, 5.41) is 0. The van der Waals surface area contributed by atoms with Crippen molar-refractivity contribution in [3.63, 3.8) is 0 Å². The van der Waals surface area contributed by atoms with Crippen molar-refractivity contribution >= 4 is 6.21 Å². The largest absolute Gasteiger partial charge is 0.294 e. The standard InChI is InChI=1S/C14H27N/c1-6-7-8-9-14(5)12(4)15-10-13(14)11(2)3/h10-13H,6-9H2,1-5H3. The van der Waals surface area contributed by atoms with E-state index in [1.54, 1.807) is 0 Å². The highest BCUT2D eigenvalue weighted by atomic mass is 14.9. The molecular formula is C14H27N. The zero-order valence-corrected chi connectivity index (χ0v) is 11.1. The fourth-order valence-corrected chi connectivity index (χ4v) is 2.91. The van der Waals surface area contributed by atoms with E-state index in [1.165, 1.54) is 25.7 Å². The maximum atomic E-state index is 4.65. The molecule has 0 saturated heterocycles. The summed E-state index contributed by atoms with van der Waals surface area (Å²) in [7, 11) is 0. The van der Waals surface area contributed by atoms with E-state index >= 15 is 0 Å². The highest BCUT2D eigenvalue weighted by Crippen LogP contribution is 2.44. The molecule has 0 aliphatic carbocycles. The van der Waals surface area contributed by atoms with Gasteiger partial charge in [0, 0.05) is 12.1 Å². The van der Waals surface area contributed by atoms with Crippen LogP contribution < -0.4 is 0 Å². The number of hydrogen-bond acceptors (Lipinski definition) is 1. The molecule has 1 heteroatoms. The number of hydrogen-bond donors (Lipinski definition) is 0. The van der Waals surface area contributed by atoms with Gasteiger partial charge in [-0.2, -0.15) is 0 Å². The number of rotatable bonds is 5. The van der Waals surface area contributed by atoms with Crippen LogP contribution in [0.2, 0.25) is 0 Å². The van der Waals surface area contributed by atoms with Crippen LogP contribution in [-0.4, -0.2) is 12.3 Å². The van der Waals surface area contributed by atoms with Crippen LogP contribution in [0.4, 0.5) is 0 Å². The van der Waals surface area contributed by atoms with Crippen molar-refractivity contribution in [1.29, 1.82) is 0 Å². The Morgan fingerprint density at radius 3 is 2.53 bits per heavy atom. The first-order valence-corrected chi connectivity index (χ1v) is 6.55. The molecule has 0 saturated carbocycles. The molecule has 0 amide bonds. The average molecular weight is 209 g/mol. The fourth-order valence-electron chi connectivity index (χ4n) is 2.91. The van der Waals surface area contributed by atoms with Gasteiger partial charge in [0.1, 0.15) is 0 Å². The van der Waals surface area contributed by atoms with E-state index in [9.17, 15) is 0 Å². The van der Waals surface area contributed by atoms with E-state index in [2.05, 4.69) is 45.8 Å². The lowest BCUT2D eigenvalue weighted by molar-refractivity contribution is 0.164. The highest BCUT2D eigenvalue weighted by molar-refractivity contribution is 5.65. The number of nitrogens with zero attached hydrogens (tertiary/aromatic N) is 1. The summed E-state index contributed by atoms with van der Waals surface area (Å²) in [6.45, 7) is 11.6. The monoisotopic (exact) mass is 209 g/mol. The van der Waals surface area contributed by atoms with Crippen LogP contribution in [0, 0.1) is 17.3 Å². The van der Waals surface area contributed by atoms with Gasteiger partial charge in [0.25, 0.3) is 0 Å². The Labute approximate surface area is 95.4 Å². The average Bonchev–Trinajstić information content (AvgIpc) is 2.44. The van der Waals surface area contributed by atoms with Crippen LogP contribution >= 0.6 is 0 Å². The third-order valence-corrected chi connectivity index (χ3v) is 4.22. The van der Waals surface area contributed by atoms with Crippen molar-refractivity contribution in [2.45, 2.75) is 66.3 Å². The van der Waals surface area contributed by atoms with Crippen LogP contribution in [0.5, 0.6) is 0 Å². The predicted octanol–water partition coefficient (Wildman–Crippen LogP) is 4.32. The third kappa shape index (κ3) is 2.62. The minimum atomic E-state index is 0.420. The summed E-state index contributed by atoms with van der Waals surface area (Å²) in [4.78, 5) is 4.65. The van der Waals surface area contributed by atoms with Gasteiger partial charge >= 0.3 is 0 Å². The van der Waals surface area contributed by atoms with E-state index < -0.39 is 0 Å². The molecule has 0 aromatic carbocycles. The van der Waals surface area contributed by atoms with Gasteiger partial charge in [-0.05, 0) is 24.7 Å². The summed E-state index contributed by atoms with van der Waals surface area (Å²) >= 11 is 0. The number of aliphatic imine (C=N–C) groups is 1. The second-order valence-corrected chi connectivity index (χ2v) is 5.71. The van der Waals surface area contributed by atoms with E-state index in [-0.39, 0.29) is 0 Å². The quantitative estimate of drug-likeness (QED) is 0.598. The smallest absolute Gasteiger partial charge is 0.0527 e. The molecule has 88 valence electrons. The van der Waals surface area contributed by atoms with Crippen LogP contribution in [0.25, 0.3) is 0 Å². The molecule has 0 aromatic heterocycles. The van der Waals surface area contributed by atoms with Crippen molar-refractivity contribution in [3.8, 4) is 0 Å². The maximum Gasteiger partial charge on any atom is 0.0527 e. The lowest BCUT2D eigenvalue weighted by Crippen LogP contribution is -2.35. The van der Waals surface area contributed by atoms with Gasteiger partial charge in [0.2, 0.25) is 0 Å². The molecule has 0 bridgehead atoms. The minimum absolute atomic E-state index is 0.420. The normalized spacial score (nSPS) is 35.3. The molecule has 0 radical (unpaired) electrons. The van der Waals surface area contributed by atoms with Crippen LogP contribution in [0.3, 0.4) is 0 Å². The first kappa shape index (κ1) is 12.7. The molecule has 0 aromatic rings. The maximum absolute atomic E-state index is 4.65. The van der Waals surface area contributed by atoms with Gasteiger partial charge in [-0.25, -0.2) is 0 Å². The molecule has 1 nitrogen and oxygen atoms in total. The van der Waals surface area contributed by atoms with Crippen LogP contribution in [0.1, 0.15) is 60.3 Å². The summed E-state index contributed by atoms with van der Waals surface area (Å²) in [5.41, 5.74) is 0.420. The highest BCUT2D eigenvalue weighted by Gasteiger charge is 2.42. The van der Waals surface area contributed by atoms with Crippen molar-refractivity contribution in [1.82, 2.24) is 0 Å². The van der Waals surface area contributed by atoms with Crippen molar-refractivity contribution in [3.05, 3.63) is 0 Å². The molecule has 3 unspecified atom stereocenters. The van der Waals surface area contributed by atoms with E-state index in [0.29, 0.717) is 17.4 Å². The van der Waals surface area contributed by atoms with E-state index in [4.69, 9.17) is 0 Å². The Hall–Kier alpha value is -0.330. The molecule has 0 spiro atoms. The Morgan fingerprint density at radius 2 is 2.00 bits per heavy atom. The molecule has 3 atom stereocenters. The lowest BCUT2D eigenvalue weighted by atomic mass is 9.67. The summed E-state index contributed by atoms with van der Waals surface area (Å²) in [5.74, 6) is 1.41. The third-order valence-electron chi connectivity index (χ3n) is 4.22. The van der Waals surface area contributed by atoms with Crippen LogP contribution in [-0.2, 0) is 0 Å². The van der Waals surface area contributed by atoms with E-state index in [0.717, 1.165) is 5.92 Å². The van der Waals surface area contributed by atoms with Crippen LogP contribution in [0.15, 0.2) is 4.99 Å². The lowest BCUT2D eigenvalue weighted by Gasteiger charge is -2.36. The molecule has 1 heterocycles. The molecular weight excluding hydrogens is 182 g/mol. The zero-order valence-electron chi connectivity index (χ0n) is 11.1. The summed E-state index contributed by atoms with van der Waals surface area (Å²) in [6, 6.07) is 0.516. The molecule has 1 rings (SSSR count). The predicted molar refractivity (Wildman–Crippen MR) is 68.5 cm³/mol. The SMILES string of the molecule is CCCCCC1(C)C(C)N=CC1C(C)C. The summed E-state index contributed by atoms with van der Waals surface area (Å²) < 4.78 is 0. The topological polar surface area (TPSA) is 12.4 Å². The number of unbranched alkanes of at least 4 members (excludes halogenated alkanes) is 2. The first-order valence-electron chi connectivity index (χ1n) is 6.55. The second-order valence-electron chi connectivity index (χ2n) is 5.71. The molecule has 15 heavy (non-hydrogen) atoms. The fraction of sp³-hybridized carbons (Fsp3) is 0.929. The molecule has 1 aliphatic heterocycles. The van der Waals surface area contributed by atoms with Gasteiger partial charge in [0.15, 0.2) is 0 Å². The van der Waals surface area contributed by atoms with Gasteiger partial charge in [0.05, 0.1) is 6.04 Å². The van der Waals surface area contributed by atoms with E-state index in [1.807, 2.05) is 0 Å². The van der Waals surface area contributed by atoms with Gasteiger partial charge in [-0.15, -0.1) is 0 Å².